The molecule has 0 saturated carbocycles. The van der Waals surface area contributed by atoms with Gasteiger partial charge in [-0.05, 0) is 28.8 Å². The maximum Gasteiger partial charge on any atom is 0.148 e. The summed E-state index contributed by atoms with van der Waals surface area (Å²) in [5.74, 6) is 0.811. The quantitative estimate of drug-likeness (QED) is 0.836. The highest BCUT2D eigenvalue weighted by atomic mass is 15.2. The molecule has 2 aromatic rings. The summed E-state index contributed by atoms with van der Waals surface area (Å²) in [7, 11) is 0. The molecule has 1 aliphatic heterocycles. The van der Waals surface area contributed by atoms with Gasteiger partial charge in [0.05, 0.1) is 0 Å². The summed E-state index contributed by atoms with van der Waals surface area (Å²) in [4.78, 5) is 0. The minimum absolute atomic E-state index is 0.784. The fraction of sp³-hybridized carbons (Fsp3) is 0.231. The Bertz CT molecular complexity index is 510. The molecule has 1 aromatic carbocycles. The second-order valence-electron chi connectivity index (χ2n) is 4.17. The van der Waals surface area contributed by atoms with Gasteiger partial charge in [-0.2, -0.15) is 5.10 Å². The zero-order valence-corrected chi connectivity index (χ0v) is 9.48. The van der Waals surface area contributed by atoms with Gasteiger partial charge in [-0.1, -0.05) is 18.2 Å². The number of anilines is 1. The molecule has 0 aliphatic carbocycles. The van der Waals surface area contributed by atoms with Crippen LogP contribution in [0, 0.1) is 0 Å². The Balaban J connectivity index is 1.70. The van der Waals surface area contributed by atoms with Gasteiger partial charge in [0.2, 0.25) is 0 Å². The summed E-state index contributed by atoms with van der Waals surface area (Å²) in [5.41, 5.74) is 4.09. The van der Waals surface area contributed by atoms with Crippen molar-refractivity contribution in [2.45, 2.75) is 19.6 Å². The highest BCUT2D eigenvalue weighted by Crippen LogP contribution is 2.17. The lowest BCUT2D eigenvalue weighted by atomic mass is 10.1. The van der Waals surface area contributed by atoms with Crippen LogP contribution in [0.25, 0.3) is 0 Å². The van der Waals surface area contributed by atoms with Gasteiger partial charge in [-0.15, -0.1) is 5.10 Å². The largest absolute Gasteiger partial charge is 0.365 e. The van der Waals surface area contributed by atoms with Crippen LogP contribution in [0.3, 0.4) is 0 Å². The predicted molar refractivity (Wildman–Crippen MR) is 66.3 cm³/mol. The van der Waals surface area contributed by atoms with Crippen LogP contribution in [-0.4, -0.2) is 10.2 Å². The minimum Gasteiger partial charge on any atom is -0.365 e. The second kappa shape index (κ2) is 4.51. The SMILES string of the molecule is c1cnnc(NCc2ccc3c(c2)CNC3)c1. The molecule has 0 spiro atoms. The molecule has 0 radical (unpaired) electrons. The lowest BCUT2D eigenvalue weighted by Gasteiger charge is -2.06. The van der Waals surface area contributed by atoms with Crippen molar-refractivity contribution in [3.8, 4) is 0 Å². The Hall–Kier alpha value is -1.94. The lowest BCUT2D eigenvalue weighted by Crippen LogP contribution is -2.02. The molecule has 0 bridgehead atoms. The smallest absolute Gasteiger partial charge is 0.148 e. The lowest BCUT2D eigenvalue weighted by molar-refractivity contribution is 0.764. The Kier molecular flexibility index (Phi) is 2.71. The number of fused-ring (bicyclic) bond motifs is 1. The fourth-order valence-electron chi connectivity index (χ4n) is 2.05. The van der Waals surface area contributed by atoms with Crippen molar-refractivity contribution in [1.29, 1.82) is 0 Å². The van der Waals surface area contributed by atoms with Gasteiger partial charge < -0.3 is 10.6 Å². The zero-order chi connectivity index (χ0) is 11.5. The molecule has 0 saturated heterocycles. The highest BCUT2D eigenvalue weighted by molar-refractivity contribution is 5.38. The van der Waals surface area contributed by atoms with Crippen LogP contribution in [0.5, 0.6) is 0 Å². The summed E-state index contributed by atoms with van der Waals surface area (Å²) in [5, 5.41) is 14.4. The van der Waals surface area contributed by atoms with E-state index in [1.54, 1.807) is 6.20 Å². The number of benzene rings is 1. The fourth-order valence-corrected chi connectivity index (χ4v) is 2.05. The second-order valence-corrected chi connectivity index (χ2v) is 4.17. The number of nitrogens with zero attached hydrogens (tertiary/aromatic N) is 2. The van der Waals surface area contributed by atoms with Crippen molar-refractivity contribution in [3.63, 3.8) is 0 Å². The van der Waals surface area contributed by atoms with E-state index in [0.29, 0.717) is 0 Å². The molecule has 86 valence electrons. The molecule has 0 atom stereocenters. The molecule has 4 nitrogen and oxygen atoms in total. The van der Waals surface area contributed by atoms with Gasteiger partial charge in [0.15, 0.2) is 0 Å². The number of rotatable bonds is 3. The summed E-state index contributed by atoms with van der Waals surface area (Å²) >= 11 is 0. The number of hydrogen-bond acceptors (Lipinski definition) is 4. The molecule has 1 aliphatic rings. The van der Waals surface area contributed by atoms with E-state index in [4.69, 9.17) is 0 Å². The van der Waals surface area contributed by atoms with Crippen molar-refractivity contribution >= 4 is 5.82 Å². The summed E-state index contributed by atoms with van der Waals surface area (Å²) in [6, 6.07) is 10.4. The zero-order valence-electron chi connectivity index (χ0n) is 9.48. The van der Waals surface area contributed by atoms with Crippen molar-refractivity contribution < 1.29 is 0 Å². The van der Waals surface area contributed by atoms with Crippen LogP contribution in [0.15, 0.2) is 36.5 Å². The first kappa shape index (κ1) is 10.2. The Morgan fingerprint density at radius 1 is 1.18 bits per heavy atom. The van der Waals surface area contributed by atoms with Crippen LogP contribution in [0.4, 0.5) is 5.82 Å². The first-order chi connectivity index (χ1) is 8.42. The van der Waals surface area contributed by atoms with Crippen LogP contribution >= 0.6 is 0 Å². The maximum absolute atomic E-state index is 3.99. The third-order valence-corrected chi connectivity index (χ3v) is 2.95. The summed E-state index contributed by atoms with van der Waals surface area (Å²) in [6.07, 6.45) is 1.67. The molecular formula is C13H14N4. The first-order valence-corrected chi connectivity index (χ1v) is 5.75. The van der Waals surface area contributed by atoms with E-state index >= 15 is 0 Å². The third-order valence-electron chi connectivity index (χ3n) is 2.95. The number of hydrogen-bond donors (Lipinski definition) is 2. The van der Waals surface area contributed by atoms with E-state index in [9.17, 15) is 0 Å². The summed E-state index contributed by atoms with van der Waals surface area (Å²) < 4.78 is 0. The monoisotopic (exact) mass is 226 g/mol. The van der Waals surface area contributed by atoms with Gasteiger partial charge in [0.1, 0.15) is 5.82 Å². The molecule has 2 heterocycles. The van der Waals surface area contributed by atoms with Gasteiger partial charge in [-0.25, -0.2) is 0 Å². The molecule has 4 heteroatoms. The van der Waals surface area contributed by atoms with Crippen molar-refractivity contribution in [1.82, 2.24) is 15.5 Å². The van der Waals surface area contributed by atoms with Gasteiger partial charge >= 0.3 is 0 Å². The average Bonchev–Trinajstić information content (AvgIpc) is 2.85. The van der Waals surface area contributed by atoms with Crippen LogP contribution in [-0.2, 0) is 19.6 Å². The van der Waals surface area contributed by atoms with E-state index in [-0.39, 0.29) is 0 Å². The van der Waals surface area contributed by atoms with Gasteiger partial charge in [0, 0.05) is 25.8 Å². The number of aromatic nitrogens is 2. The van der Waals surface area contributed by atoms with Crippen molar-refractivity contribution in [2.24, 2.45) is 0 Å². The topological polar surface area (TPSA) is 49.8 Å². The van der Waals surface area contributed by atoms with E-state index < -0.39 is 0 Å². The van der Waals surface area contributed by atoms with Gasteiger partial charge in [0.25, 0.3) is 0 Å². The van der Waals surface area contributed by atoms with E-state index in [0.717, 1.165) is 25.5 Å². The number of nitrogens with one attached hydrogen (secondary N) is 2. The minimum atomic E-state index is 0.784. The van der Waals surface area contributed by atoms with Crippen molar-refractivity contribution in [2.75, 3.05) is 5.32 Å². The summed E-state index contributed by atoms with van der Waals surface area (Å²) in [6.45, 7) is 2.76. The molecule has 3 rings (SSSR count). The standard InChI is InChI=1S/C13H14N4/c1-2-13(17-16-5-1)15-7-10-3-4-11-8-14-9-12(11)6-10/h1-6,14H,7-9H2,(H,15,17). The molecule has 2 N–H and O–H groups in total. The first-order valence-electron chi connectivity index (χ1n) is 5.75. The van der Waals surface area contributed by atoms with E-state index in [2.05, 4.69) is 39.0 Å². The van der Waals surface area contributed by atoms with Crippen LogP contribution in [0.2, 0.25) is 0 Å². The molecular weight excluding hydrogens is 212 g/mol. The Morgan fingerprint density at radius 3 is 3.00 bits per heavy atom. The van der Waals surface area contributed by atoms with Crippen LogP contribution in [0.1, 0.15) is 16.7 Å². The maximum atomic E-state index is 3.99. The molecule has 0 amide bonds. The molecule has 17 heavy (non-hydrogen) atoms. The molecule has 1 aromatic heterocycles. The van der Waals surface area contributed by atoms with Gasteiger partial charge in [-0.3, -0.25) is 0 Å². The Labute approximate surface area is 100 Å². The van der Waals surface area contributed by atoms with E-state index in [1.165, 1.54) is 16.7 Å². The average molecular weight is 226 g/mol. The highest BCUT2D eigenvalue weighted by Gasteiger charge is 2.09. The molecule has 0 unspecified atom stereocenters. The normalized spacial score (nSPS) is 13.4. The van der Waals surface area contributed by atoms with Crippen LogP contribution < -0.4 is 10.6 Å². The Morgan fingerprint density at radius 2 is 2.12 bits per heavy atom. The van der Waals surface area contributed by atoms with E-state index in [1.807, 2.05) is 12.1 Å². The van der Waals surface area contributed by atoms with Crippen molar-refractivity contribution in [3.05, 3.63) is 53.2 Å². The predicted octanol–water partition coefficient (Wildman–Crippen LogP) is 1.69. The third kappa shape index (κ3) is 2.26. The molecule has 0 fully saturated rings.